The van der Waals surface area contributed by atoms with E-state index in [0.29, 0.717) is 22.3 Å². The number of amides is 1. The Morgan fingerprint density at radius 1 is 1.19 bits per heavy atom. The van der Waals surface area contributed by atoms with E-state index in [1.54, 1.807) is 20.1 Å². The average Bonchev–Trinajstić information content (AvgIpc) is 3.35. The lowest BCUT2D eigenvalue weighted by Gasteiger charge is -2.08. The van der Waals surface area contributed by atoms with Gasteiger partial charge in [0.1, 0.15) is 10.8 Å². The van der Waals surface area contributed by atoms with E-state index in [-0.39, 0.29) is 18.3 Å². The smallest absolute Gasteiger partial charge is 0.341 e. The summed E-state index contributed by atoms with van der Waals surface area (Å²) in [5, 5.41) is 12.5. The van der Waals surface area contributed by atoms with Gasteiger partial charge in [0.15, 0.2) is 11.0 Å². The van der Waals surface area contributed by atoms with Gasteiger partial charge >= 0.3 is 5.97 Å². The maximum Gasteiger partial charge on any atom is 0.341 e. The largest absolute Gasteiger partial charge is 0.497 e. The van der Waals surface area contributed by atoms with Gasteiger partial charge < -0.3 is 19.4 Å². The van der Waals surface area contributed by atoms with Gasteiger partial charge in [-0.2, -0.15) is 0 Å². The monoisotopic (exact) mass is 460 g/mol. The first-order valence-corrected chi connectivity index (χ1v) is 11.5. The Bertz CT molecular complexity index is 1060. The van der Waals surface area contributed by atoms with Crippen LogP contribution in [0.25, 0.3) is 11.4 Å². The molecule has 1 amide bonds. The minimum Gasteiger partial charge on any atom is -0.497 e. The zero-order valence-corrected chi connectivity index (χ0v) is 19.4. The zero-order chi connectivity index (χ0) is 22.4. The standard InChI is InChI=1S/C21H24N4O4S2/c1-5-25-18(14-7-9-15(28-4)10-8-14)23-24-21(25)30-12-17(26)22-19-16(11-13(3)31-19)20(27)29-6-2/h7-11H,5-6,12H2,1-4H3,(H,22,26). The van der Waals surface area contributed by atoms with Crippen LogP contribution < -0.4 is 10.1 Å². The molecule has 2 aromatic heterocycles. The summed E-state index contributed by atoms with van der Waals surface area (Å²) in [6.45, 7) is 6.56. The topological polar surface area (TPSA) is 95.3 Å². The van der Waals surface area contributed by atoms with Crippen LogP contribution in [-0.2, 0) is 16.1 Å². The predicted molar refractivity (Wildman–Crippen MR) is 122 cm³/mol. The molecule has 0 bridgehead atoms. The Hall–Kier alpha value is -2.85. The number of methoxy groups -OCH3 is 1. The van der Waals surface area contributed by atoms with E-state index in [0.717, 1.165) is 22.0 Å². The molecule has 1 N–H and O–H groups in total. The first-order chi connectivity index (χ1) is 15.0. The van der Waals surface area contributed by atoms with Crippen LogP contribution in [0.3, 0.4) is 0 Å². The molecule has 0 spiro atoms. The molecule has 0 aliphatic carbocycles. The van der Waals surface area contributed by atoms with E-state index in [9.17, 15) is 9.59 Å². The molecule has 3 rings (SSSR count). The van der Waals surface area contributed by atoms with Crippen molar-refractivity contribution in [3.63, 3.8) is 0 Å². The fraction of sp³-hybridized carbons (Fsp3) is 0.333. The number of aromatic nitrogens is 3. The van der Waals surface area contributed by atoms with Crippen LogP contribution in [0.15, 0.2) is 35.5 Å². The molecule has 3 aromatic rings. The lowest BCUT2D eigenvalue weighted by atomic mass is 10.2. The van der Waals surface area contributed by atoms with Crippen LogP contribution in [0.2, 0.25) is 0 Å². The summed E-state index contributed by atoms with van der Waals surface area (Å²) < 4.78 is 12.2. The van der Waals surface area contributed by atoms with Gasteiger partial charge in [-0.25, -0.2) is 4.79 Å². The van der Waals surface area contributed by atoms with Crippen LogP contribution in [0.5, 0.6) is 5.75 Å². The Kier molecular flexibility index (Phi) is 7.69. The molecule has 10 heteroatoms. The zero-order valence-electron chi connectivity index (χ0n) is 17.8. The first kappa shape index (κ1) is 22.8. The third-order valence-corrected chi connectivity index (χ3v) is 6.25. The number of carbonyl (C=O) groups is 2. The summed E-state index contributed by atoms with van der Waals surface area (Å²) in [5.74, 6) is 0.966. The van der Waals surface area contributed by atoms with Gasteiger partial charge in [0.05, 0.1) is 25.0 Å². The van der Waals surface area contributed by atoms with Crippen molar-refractivity contribution < 1.29 is 19.1 Å². The number of carbonyl (C=O) groups excluding carboxylic acids is 2. The Labute approximate surface area is 189 Å². The van der Waals surface area contributed by atoms with Gasteiger partial charge in [-0.15, -0.1) is 21.5 Å². The lowest BCUT2D eigenvalue weighted by Crippen LogP contribution is -2.16. The van der Waals surface area contributed by atoms with Crippen molar-refractivity contribution in [2.75, 3.05) is 24.8 Å². The van der Waals surface area contributed by atoms with Crippen LogP contribution in [0, 0.1) is 6.92 Å². The van der Waals surface area contributed by atoms with Gasteiger partial charge in [0, 0.05) is 17.0 Å². The maximum atomic E-state index is 12.5. The average molecular weight is 461 g/mol. The molecule has 8 nitrogen and oxygen atoms in total. The normalized spacial score (nSPS) is 10.7. The summed E-state index contributed by atoms with van der Waals surface area (Å²) in [6, 6.07) is 9.31. The predicted octanol–water partition coefficient (Wildman–Crippen LogP) is 4.25. The van der Waals surface area contributed by atoms with Crippen molar-refractivity contribution in [1.82, 2.24) is 14.8 Å². The summed E-state index contributed by atoms with van der Waals surface area (Å²) in [6.07, 6.45) is 0. The van der Waals surface area contributed by atoms with E-state index < -0.39 is 5.97 Å². The first-order valence-electron chi connectivity index (χ1n) is 9.74. The molecule has 0 saturated heterocycles. The van der Waals surface area contributed by atoms with Gasteiger partial charge in [0.25, 0.3) is 0 Å². The lowest BCUT2D eigenvalue weighted by molar-refractivity contribution is -0.113. The number of thioether (sulfide) groups is 1. The minimum absolute atomic E-state index is 0.139. The number of anilines is 1. The van der Waals surface area contributed by atoms with Crippen molar-refractivity contribution in [1.29, 1.82) is 0 Å². The number of hydrogen-bond acceptors (Lipinski definition) is 8. The second-order valence-corrected chi connectivity index (χ2v) is 8.63. The molecular formula is C21H24N4O4S2. The second-order valence-electron chi connectivity index (χ2n) is 6.44. The van der Waals surface area contributed by atoms with Crippen molar-refractivity contribution >= 4 is 40.0 Å². The van der Waals surface area contributed by atoms with Gasteiger partial charge in [-0.05, 0) is 51.1 Å². The summed E-state index contributed by atoms with van der Waals surface area (Å²) in [7, 11) is 1.62. The highest BCUT2D eigenvalue weighted by Gasteiger charge is 2.19. The molecule has 31 heavy (non-hydrogen) atoms. The summed E-state index contributed by atoms with van der Waals surface area (Å²) >= 11 is 2.64. The SMILES string of the molecule is CCOC(=O)c1cc(C)sc1NC(=O)CSc1nnc(-c2ccc(OC)cc2)n1CC. The van der Waals surface area contributed by atoms with E-state index in [4.69, 9.17) is 9.47 Å². The number of ether oxygens (including phenoxy) is 2. The Morgan fingerprint density at radius 3 is 2.58 bits per heavy atom. The molecule has 0 radical (unpaired) electrons. The van der Waals surface area contributed by atoms with E-state index in [1.165, 1.54) is 23.1 Å². The number of benzene rings is 1. The highest BCUT2D eigenvalue weighted by molar-refractivity contribution is 7.99. The quantitative estimate of drug-likeness (QED) is 0.377. The molecule has 0 fully saturated rings. The van der Waals surface area contributed by atoms with E-state index in [2.05, 4.69) is 15.5 Å². The number of aryl methyl sites for hydroxylation is 1. The molecule has 0 saturated carbocycles. The van der Waals surface area contributed by atoms with E-state index >= 15 is 0 Å². The molecule has 0 atom stereocenters. The van der Waals surface area contributed by atoms with Crippen molar-refractivity contribution in [3.8, 4) is 17.1 Å². The fourth-order valence-corrected chi connectivity index (χ4v) is 4.61. The highest BCUT2D eigenvalue weighted by Crippen LogP contribution is 2.29. The Balaban J connectivity index is 1.68. The van der Waals surface area contributed by atoms with Gasteiger partial charge in [-0.1, -0.05) is 11.8 Å². The number of hydrogen-bond donors (Lipinski definition) is 1. The van der Waals surface area contributed by atoms with Crippen LogP contribution >= 0.6 is 23.1 Å². The van der Waals surface area contributed by atoms with Crippen molar-refractivity contribution in [2.45, 2.75) is 32.5 Å². The van der Waals surface area contributed by atoms with Crippen LogP contribution in [0.1, 0.15) is 29.1 Å². The molecule has 0 aliphatic heterocycles. The van der Waals surface area contributed by atoms with E-state index in [1.807, 2.05) is 42.7 Å². The molecule has 164 valence electrons. The minimum atomic E-state index is -0.440. The highest BCUT2D eigenvalue weighted by atomic mass is 32.2. The molecular weight excluding hydrogens is 436 g/mol. The van der Waals surface area contributed by atoms with Crippen molar-refractivity contribution in [3.05, 3.63) is 40.8 Å². The molecule has 2 heterocycles. The summed E-state index contributed by atoms with van der Waals surface area (Å²) in [4.78, 5) is 25.5. The van der Waals surface area contributed by atoms with Crippen LogP contribution in [0.4, 0.5) is 5.00 Å². The Morgan fingerprint density at radius 2 is 1.94 bits per heavy atom. The number of thiophene rings is 1. The van der Waals surface area contributed by atoms with Gasteiger partial charge in [0.2, 0.25) is 5.91 Å². The molecule has 1 aromatic carbocycles. The molecule has 0 unspecified atom stereocenters. The van der Waals surface area contributed by atoms with Crippen molar-refractivity contribution in [2.24, 2.45) is 0 Å². The second kappa shape index (κ2) is 10.5. The number of nitrogens with zero attached hydrogens (tertiary/aromatic N) is 3. The fourth-order valence-electron chi connectivity index (χ4n) is 2.89. The number of esters is 1. The summed E-state index contributed by atoms with van der Waals surface area (Å²) in [5.41, 5.74) is 1.29. The molecule has 0 aliphatic rings. The van der Waals surface area contributed by atoms with Gasteiger partial charge in [-0.3, -0.25) is 4.79 Å². The third kappa shape index (κ3) is 5.45. The van der Waals surface area contributed by atoms with Crippen LogP contribution in [-0.4, -0.2) is 46.1 Å². The number of rotatable bonds is 9. The maximum absolute atomic E-state index is 12.5. The third-order valence-electron chi connectivity index (χ3n) is 4.32. The number of nitrogens with one attached hydrogen (secondary N) is 1.